The Kier molecular flexibility index (Phi) is 4.84. The van der Waals surface area contributed by atoms with Gasteiger partial charge >= 0.3 is 0 Å². The number of pyridine rings is 1. The third-order valence-electron chi connectivity index (χ3n) is 4.09. The molecule has 1 aromatic heterocycles. The zero-order valence-electron chi connectivity index (χ0n) is 13.1. The Balaban J connectivity index is 1.53. The number of carbonyl (C=O) groups excluding carboxylic acids is 2. The average molecular weight is 327 g/mol. The number of likely N-dealkylation sites (tertiary alicyclic amines) is 1. The fraction of sp³-hybridized carbons (Fsp3) is 0.278. The molecule has 1 fully saturated rings. The van der Waals surface area contributed by atoms with Crippen molar-refractivity contribution in [2.75, 3.05) is 6.54 Å². The zero-order valence-corrected chi connectivity index (χ0v) is 13.1. The van der Waals surface area contributed by atoms with Gasteiger partial charge in [-0.3, -0.25) is 14.6 Å². The van der Waals surface area contributed by atoms with Crippen molar-refractivity contribution in [1.82, 2.24) is 15.2 Å². The third-order valence-corrected chi connectivity index (χ3v) is 4.09. The second-order valence-corrected chi connectivity index (χ2v) is 5.88. The van der Waals surface area contributed by atoms with Crippen molar-refractivity contribution in [3.05, 3.63) is 65.7 Å². The molecule has 1 aliphatic rings. The van der Waals surface area contributed by atoms with Crippen molar-refractivity contribution in [3.8, 4) is 0 Å². The van der Waals surface area contributed by atoms with Gasteiger partial charge < -0.3 is 10.2 Å². The Labute approximate surface area is 139 Å². The quantitative estimate of drug-likeness (QED) is 0.912. The summed E-state index contributed by atoms with van der Waals surface area (Å²) in [5.74, 6) is -0.829. The van der Waals surface area contributed by atoms with Gasteiger partial charge in [0, 0.05) is 38.4 Å². The first kappa shape index (κ1) is 16.1. The van der Waals surface area contributed by atoms with E-state index in [0.717, 1.165) is 11.1 Å². The van der Waals surface area contributed by atoms with Crippen molar-refractivity contribution >= 4 is 11.8 Å². The Hall–Kier alpha value is -2.76. The van der Waals surface area contributed by atoms with Gasteiger partial charge in [-0.2, -0.15) is 0 Å². The van der Waals surface area contributed by atoms with Crippen LogP contribution in [-0.4, -0.2) is 28.2 Å². The van der Waals surface area contributed by atoms with Crippen LogP contribution < -0.4 is 5.32 Å². The molecule has 0 radical (unpaired) electrons. The molecule has 2 aromatic rings. The van der Waals surface area contributed by atoms with E-state index in [1.807, 2.05) is 12.1 Å². The number of nitrogens with one attached hydrogen (secondary N) is 1. The molecule has 1 aromatic carbocycles. The van der Waals surface area contributed by atoms with E-state index in [2.05, 4.69) is 10.3 Å². The van der Waals surface area contributed by atoms with Gasteiger partial charge in [-0.1, -0.05) is 12.1 Å². The molecule has 3 rings (SSSR count). The third kappa shape index (κ3) is 3.95. The number of hydrogen-bond acceptors (Lipinski definition) is 3. The topological polar surface area (TPSA) is 62.3 Å². The summed E-state index contributed by atoms with van der Waals surface area (Å²) in [5.41, 5.74) is 1.81. The summed E-state index contributed by atoms with van der Waals surface area (Å²) >= 11 is 0. The highest BCUT2D eigenvalue weighted by Gasteiger charge is 2.34. The Bertz CT molecular complexity index is 719. The van der Waals surface area contributed by atoms with Gasteiger partial charge in [0.25, 0.3) is 0 Å². The first-order valence-corrected chi connectivity index (χ1v) is 7.80. The van der Waals surface area contributed by atoms with E-state index in [4.69, 9.17) is 0 Å². The molecule has 6 heteroatoms. The van der Waals surface area contributed by atoms with Gasteiger partial charge in [0.2, 0.25) is 11.8 Å². The zero-order chi connectivity index (χ0) is 16.9. The number of aromatic nitrogens is 1. The molecular weight excluding hydrogens is 309 g/mol. The Morgan fingerprint density at radius 2 is 1.88 bits per heavy atom. The second-order valence-electron chi connectivity index (χ2n) is 5.88. The molecule has 5 nitrogen and oxygen atoms in total. The highest BCUT2D eigenvalue weighted by atomic mass is 19.1. The van der Waals surface area contributed by atoms with Gasteiger partial charge in [-0.25, -0.2) is 4.39 Å². The molecule has 0 bridgehead atoms. The van der Waals surface area contributed by atoms with Gasteiger partial charge in [0.15, 0.2) is 0 Å². The molecule has 1 atom stereocenters. The molecule has 0 saturated carbocycles. The van der Waals surface area contributed by atoms with Gasteiger partial charge in [-0.05, 0) is 35.4 Å². The number of hydrogen-bond donors (Lipinski definition) is 1. The molecular formula is C18H18FN3O2. The fourth-order valence-electron chi connectivity index (χ4n) is 2.74. The van der Waals surface area contributed by atoms with E-state index in [1.54, 1.807) is 29.4 Å². The number of benzene rings is 1. The van der Waals surface area contributed by atoms with Crippen LogP contribution in [0.4, 0.5) is 4.39 Å². The SMILES string of the molecule is O=C(NCc1ccncc1)[C@H]1CC(=O)N(Cc2ccc(F)cc2)C1. The summed E-state index contributed by atoms with van der Waals surface area (Å²) in [6.07, 6.45) is 3.55. The van der Waals surface area contributed by atoms with E-state index in [9.17, 15) is 14.0 Å². The maximum absolute atomic E-state index is 12.9. The first-order chi connectivity index (χ1) is 11.6. The smallest absolute Gasteiger partial charge is 0.225 e. The molecule has 0 aliphatic carbocycles. The molecule has 124 valence electrons. The Morgan fingerprint density at radius 3 is 2.58 bits per heavy atom. The van der Waals surface area contributed by atoms with Crippen LogP contribution in [0.15, 0.2) is 48.8 Å². The van der Waals surface area contributed by atoms with Crippen molar-refractivity contribution < 1.29 is 14.0 Å². The summed E-state index contributed by atoms with van der Waals surface area (Å²) < 4.78 is 12.9. The molecule has 0 unspecified atom stereocenters. The van der Waals surface area contributed by atoms with Crippen LogP contribution in [0.3, 0.4) is 0 Å². The number of nitrogens with zero attached hydrogens (tertiary/aromatic N) is 2. The van der Waals surface area contributed by atoms with Crippen molar-refractivity contribution in [2.45, 2.75) is 19.5 Å². The lowest BCUT2D eigenvalue weighted by molar-refractivity contribution is -0.129. The predicted molar refractivity (Wildman–Crippen MR) is 86.0 cm³/mol. The minimum atomic E-state index is -0.347. The summed E-state index contributed by atoms with van der Waals surface area (Å²) in [4.78, 5) is 29.9. The highest BCUT2D eigenvalue weighted by Crippen LogP contribution is 2.20. The van der Waals surface area contributed by atoms with E-state index >= 15 is 0 Å². The highest BCUT2D eigenvalue weighted by molar-refractivity contribution is 5.89. The molecule has 0 spiro atoms. The fourth-order valence-corrected chi connectivity index (χ4v) is 2.74. The lowest BCUT2D eigenvalue weighted by Crippen LogP contribution is -2.32. The average Bonchev–Trinajstić information content (AvgIpc) is 2.96. The van der Waals surface area contributed by atoms with Crippen LogP contribution in [0.1, 0.15) is 17.5 Å². The van der Waals surface area contributed by atoms with Gasteiger partial charge in [0.1, 0.15) is 5.82 Å². The van der Waals surface area contributed by atoms with Crippen LogP contribution in [0.25, 0.3) is 0 Å². The maximum atomic E-state index is 12.9. The second kappa shape index (κ2) is 7.21. The molecule has 2 heterocycles. The van der Waals surface area contributed by atoms with Crippen LogP contribution in [-0.2, 0) is 22.7 Å². The normalized spacial score (nSPS) is 17.1. The molecule has 24 heavy (non-hydrogen) atoms. The van der Waals surface area contributed by atoms with E-state index in [-0.39, 0.29) is 30.0 Å². The Morgan fingerprint density at radius 1 is 1.17 bits per heavy atom. The minimum absolute atomic E-state index is 0.0524. The standard InChI is InChI=1S/C18H18FN3O2/c19-16-3-1-14(2-4-16)11-22-12-15(9-17(22)23)18(24)21-10-13-5-7-20-8-6-13/h1-8,15H,9-12H2,(H,21,24)/t15-/m0/s1. The molecule has 2 amide bonds. The molecule has 1 aliphatic heterocycles. The van der Waals surface area contributed by atoms with Crippen molar-refractivity contribution in [2.24, 2.45) is 5.92 Å². The van der Waals surface area contributed by atoms with Crippen molar-refractivity contribution in [1.29, 1.82) is 0 Å². The van der Waals surface area contributed by atoms with Gasteiger partial charge in [-0.15, -0.1) is 0 Å². The lowest BCUT2D eigenvalue weighted by Gasteiger charge is -2.16. The first-order valence-electron chi connectivity index (χ1n) is 7.80. The van der Waals surface area contributed by atoms with Crippen LogP contribution in [0.5, 0.6) is 0 Å². The monoisotopic (exact) mass is 327 g/mol. The summed E-state index contributed by atoms with van der Waals surface area (Å²) in [6, 6.07) is 9.71. The predicted octanol–water partition coefficient (Wildman–Crippen LogP) is 1.89. The lowest BCUT2D eigenvalue weighted by atomic mass is 10.1. The summed E-state index contributed by atoms with van der Waals surface area (Å²) in [6.45, 7) is 1.20. The van der Waals surface area contributed by atoms with Crippen molar-refractivity contribution in [3.63, 3.8) is 0 Å². The maximum Gasteiger partial charge on any atom is 0.225 e. The largest absolute Gasteiger partial charge is 0.352 e. The summed E-state index contributed by atoms with van der Waals surface area (Å²) in [5, 5.41) is 2.86. The molecule has 1 saturated heterocycles. The number of carbonyl (C=O) groups is 2. The van der Waals surface area contributed by atoms with Gasteiger partial charge in [0.05, 0.1) is 5.92 Å². The number of halogens is 1. The van der Waals surface area contributed by atoms with Crippen LogP contribution in [0, 0.1) is 11.7 Å². The van der Waals surface area contributed by atoms with Crippen LogP contribution >= 0.6 is 0 Å². The molecule has 1 N–H and O–H groups in total. The van der Waals surface area contributed by atoms with E-state index < -0.39 is 0 Å². The number of rotatable bonds is 5. The van der Waals surface area contributed by atoms with E-state index in [1.165, 1.54) is 12.1 Å². The minimum Gasteiger partial charge on any atom is -0.352 e. The summed E-state index contributed by atoms with van der Waals surface area (Å²) in [7, 11) is 0. The number of amides is 2. The van der Waals surface area contributed by atoms with Crippen LogP contribution in [0.2, 0.25) is 0 Å². The van der Waals surface area contributed by atoms with E-state index in [0.29, 0.717) is 19.6 Å².